The molecule has 1 aromatic heterocycles. The number of carbonyl (C=O) groups is 3. The number of carbonyl (C=O) groups excluding carboxylic acids is 3. The van der Waals surface area contributed by atoms with Crippen molar-refractivity contribution in [3.05, 3.63) is 34.2 Å². The largest absolute Gasteiger partial charge is 0.444 e. The van der Waals surface area contributed by atoms with E-state index in [-0.39, 0.29) is 30.2 Å². The van der Waals surface area contributed by atoms with Gasteiger partial charge in [0.05, 0.1) is 17.1 Å². The van der Waals surface area contributed by atoms with Crippen LogP contribution in [-0.4, -0.2) is 76.6 Å². The summed E-state index contributed by atoms with van der Waals surface area (Å²) in [5, 5.41) is 2.34. The van der Waals surface area contributed by atoms with E-state index in [2.05, 4.69) is 5.32 Å². The number of aromatic nitrogens is 2. The molecule has 0 spiro atoms. The van der Waals surface area contributed by atoms with Crippen LogP contribution in [0, 0.1) is 0 Å². The number of hydrogen-bond acceptors (Lipinski definition) is 7. The molecule has 11 nitrogen and oxygen atoms in total. The Hall–Kier alpha value is -3.18. The zero-order valence-electron chi connectivity index (χ0n) is 24.1. The lowest BCUT2D eigenvalue weighted by Gasteiger charge is -2.33. The van der Waals surface area contributed by atoms with Gasteiger partial charge >= 0.3 is 11.8 Å². The molecular formula is C29H42N4O7. The molecule has 4 rings (SSSR count). The molecule has 0 aliphatic carbocycles. The maximum absolute atomic E-state index is 12.9. The van der Waals surface area contributed by atoms with E-state index in [9.17, 15) is 19.2 Å². The number of imidazole rings is 1. The minimum atomic E-state index is -0.679. The smallest absolute Gasteiger partial charge is 0.410 e. The normalized spacial score (nSPS) is 18.8. The van der Waals surface area contributed by atoms with Crippen LogP contribution < -0.4 is 11.0 Å². The number of benzene rings is 1. The quantitative estimate of drug-likeness (QED) is 0.351. The van der Waals surface area contributed by atoms with Gasteiger partial charge in [0.1, 0.15) is 11.6 Å². The van der Waals surface area contributed by atoms with Crippen LogP contribution in [0.5, 0.6) is 0 Å². The van der Waals surface area contributed by atoms with E-state index in [1.807, 2.05) is 39.0 Å². The van der Waals surface area contributed by atoms with E-state index in [1.54, 1.807) is 16.5 Å². The van der Waals surface area contributed by atoms with Gasteiger partial charge in [0, 0.05) is 46.4 Å². The predicted molar refractivity (Wildman–Crippen MR) is 149 cm³/mol. The molecule has 3 amide bonds. The molecule has 0 bridgehead atoms. The Morgan fingerprint density at radius 3 is 2.42 bits per heavy atom. The Balaban J connectivity index is 1.14. The van der Waals surface area contributed by atoms with Crippen LogP contribution in [0.3, 0.4) is 0 Å². The average Bonchev–Trinajstić information content (AvgIpc) is 3.14. The molecule has 2 fully saturated rings. The SMILES string of the molecule is Cn1c(=O)n(C2CCC(=O)NC2=O)c2ccc(CCCOCCCOC3CCN(C(=O)OC(C)(C)C)CC3)cc21. The molecule has 1 N–H and O–H groups in total. The number of nitrogens with zero attached hydrogens (tertiary/aromatic N) is 3. The second-order valence-corrected chi connectivity index (χ2v) is 11.6. The van der Waals surface area contributed by atoms with Crippen molar-refractivity contribution in [2.45, 2.75) is 83.5 Å². The summed E-state index contributed by atoms with van der Waals surface area (Å²) in [5.74, 6) is -0.731. The second kappa shape index (κ2) is 13.0. The van der Waals surface area contributed by atoms with Crippen molar-refractivity contribution >= 4 is 28.9 Å². The molecular weight excluding hydrogens is 516 g/mol. The van der Waals surface area contributed by atoms with Crippen molar-refractivity contribution in [3.63, 3.8) is 0 Å². The highest BCUT2D eigenvalue weighted by Gasteiger charge is 2.31. The lowest BCUT2D eigenvalue weighted by molar-refractivity contribution is -0.135. The predicted octanol–water partition coefficient (Wildman–Crippen LogP) is 3.07. The number of fused-ring (bicyclic) bond motifs is 1. The van der Waals surface area contributed by atoms with E-state index in [4.69, 9.17) is 14.2 Å². The van der Waals surface area contributed by atoms with Gasteiger partial charge in [-0.1, -0.05) is 6.07 Å². The molecule has 3 heterocycles. The fourth-order valence-corrected chi connectivity index (χ4v) is 5.22. The number of rotatable bonds is 10. The first-order valence-corrected chi connectivity index (χ1v) is 14.2. The highest BCUT2D eigenvalue weighted by Crippen LogP contribution is 2.24. The highest BCUT2D eigenvalue weighted by molar-refractivity contribution is 6.00. The van der Waals surface area contributed by atoms with E-state index in [0.29, 0.717) is 44.8 Å². The van der Waals surface area contributed by atoms with Crippen LogP contribution in [0.2, 0.25) is 0 Å². The Morgan fingerprint density at radius 2 is 1.73 bits per heavy atom. The summed E-state index contributed by atoms with van der Waals surface area (Å²) in [4.78, 5) is 50.7. The third kappa shape index (κ3) is 7.51. The number of hydrogen-bond donors (Lipinski definition) is 1. The number of ether oxygens (including phenoxy) is 3. The molecule has 2 aromatic rings. The fraction of sp³-hybridized carbons (Fsp3) is 0.655. The molecule has 1 aromatic carbocycles. The number of imide groups is 1. The summed E-state index contributed by atoms with van der Waals surface area (Å²) in [6.07, 6.45) is 4.54. The van der Waals surface area contributed by atoms with Crippen LogP contribution >= 0.6 is 0 Å². The first-order valence-electron chi connectivity index (χ1n) is 14.2. The van der Waals surface area contributed by atoms with Crippen molar-refractivity contribution in [2.75, 3.05) is 32.9 Å². The second-order valence-electron chi connectivity index (χ2n) is 11.6. The summed E-state index contributed by atoms with van der Waals surface area (Å²) < 4.78 is 20.3. The van der Waals surface area contributed by atoms with Gasteiger partial charge in [-0.15, -0.1) is 0 Å². The number of likely N-dealkylation sites (tertiary alicyclic amines) is 1. The minimum Gasteiger partial charge on any atom is -0.444 e. The van der Waals surface area contributed by atoms with E-state index in [1.165, 1.54) is 4.57 Å². The van der Waals surface area contributed by atoms with Gasteiger partial charge in [0.25, 0.3) is 0 Å². The third-order valence-electron chi connectivity index (χ3n) is 7.31. The molecule has 40 heavy (non-hydrogen) atoms. The Morgan fingerprint density at radius 1 is 1.00 bits per heavy atom. The van der Waals surface area contributed by atoms with Crippen LogP contribution in [0.1, 0.15) is 70.9 Å². The van der Waals surface area contributed by atoms with Gasteiger partial charge in [-0.2, -0.15) is 0 Å². The number of amides is 3. The van der Waals surface area contributed by atoms with Crippen LogP contribution in [-0.2, 0) is 37.3 Å². The summed E-state index contributed by atoms with van der Waals surface area (Å²) in [7, 11) is 1.70. The van der Waals surface area contributed by atoms with Crippen molar-refractivity contribution in [1.29, 1.82) is 0 Å². The first-order chi connectivity index (χ1) is 19.0. The van der Waals surface area contributed by atoms with Crippen LogP contribution in [0.15, 0.2) is 23.0 Å². The molecule has 11 heteroatoms. The summed E-state index contributed by atoms with van der Waals surface area (Å²) in [6, 6.07) is 5.17. The maximum Gasteiger partial charge on any atom is 0.410 e. The monoisotopic (exact) mass is 558 g/mol. The fourth-order valence-electron chi connectivity index (χ4n) is 5.22. The highest BCUT2D eigenvalue weighted by atomic mass is 16.6. The van der Waals surface area contributed by atoms with Crippen molar-refractivity contribution in [1.82, 2.24) is 19.4 Å². The van der Waals surface area contributed by atoms with E-state index >= 15 is 0 Å². The van der Waals surface area contributed by atoms with Gasteiger partial charge in [0.15, 0.2) is 0 Å². The molecule has 1 atom stereocenters. The van der Waals surface area contributed by atoms with Gasteiger partial charge in [-0.05, 0) is 77.0 Å². The Kier molecular flexibility index (Phi) is 9.68. The topological polar surface area (TPSA) is 121 Å². The Bertz CT molecular complexity index is 1270. The number of aryl methyl sites for hydroxylation is 2. The van der Waals surface area contributed by atoms with Gasteiger partial charge in [0.2, 0.25) is 11.8 Å². The zero-order valence-corrected chi connectivity index (χ0v) is 24.1. The molecule has 0 saturated carbocycles. The molecule has 1 unspecified atom stereocenters. The zero-order chi connectivity index (χ0) is 28.9. The molecule has 2 saturated heterocycles. The summed E-state index contributed by atoms with van der Waals surface area (Å²) in [6.45, 7) is 8.80. The first kappa shape index (κ1) is 29.8. The molecule has 220 valence electrons. The summed E-state index contributed by atoms with van der Waals surface area (Å²) in [5.41, 5.74) is 1.80. The summed E-state index contributed by atoms with van der Waals surface area (Å²) >= 11 is 0. The Labute approximate surface area is 234 Å². The number of piperidine rings is 2. The van der Waals surface area contributed by atoms with E-state index in [0.717, 1.165) is 43.2 Å². The van der Waals surface area contributed by atoms with Crippen LogP contribution in [0.25, 0.3) is 11.0 Å². The molecule has 2 aliphatic heterocycles. The van der Waals surface area contributed by atoms with Crippen LogP contribution in [0.4, 0.5) is 4.79 Å². The minimum absolute atomic E-state index is 0.162. The standard InChI is InChI=1S/C29H42N4O7/c1-29(2,3)40-28(37)32-14-12-21(13-15-32)39-18-6-17-38-16-5-7-20-8-9-22-24(19-20)31(4)27(36)33(22)23-10-11-25(34)30-26(23)35/h8-9,19,21,23H,5-7,10-18H2,1-4H3,(H,30,34,35). The van der Waals surface area contributed by atoms with Crippen molar-refractivity contribution in [2.24, 2.45) is 7.05 Å². The van der Waals surface area contributed by atoms with Gasteiger partial charge < -0.3 is 19.1 Å². The lowest BCUT2D eigenvalue weighted by Crippen LogP contribution is -2.44. The number of nitrogens with one attached hydrogen (secondary N) is 1. The van der Waals surface area contributed by atoms with Crippen molar-refractivity contribution < 1.29 is 28.6 Å². The van der Waals surface area contributed by atoms with Gasteiger partial charge in [-0.25, -0.2) is 9.59 Å². The lowest BCUT2D eigenvalue weighted by atomic mass is 10.1. The van der Waals surface area contributed by atoms with Gasteiger partial charge in [-0.3, -0.25) is 24.0 Å². The van der Waals surface area contributed by atoms with E-state index < -0.39 is 17.6 Å². The third-order valence-corrected chi connectivity index (χ3v) is 7.31. The molecule has 0 radical (unpaired) electrons. The van der Waals surface area contributed by atoms with Crippen molar-refractivity contribution in [3.8, 4) is 0 Å². The maximum atomic E-state index is 12.9. The molecule has 2 aliphatic rings. The average molecular weight is 559 g/mol.